The van der Waals surface area contributed by atoms with Crippen molar-refractivity contribution in [2.45, 2.75) is 0 Å². The third kappa shape index (κ3) is 1.20. The Balaban J connectivity index is 0.0000000720. The van der Waals surface area contributed by atoms with Crippen molar-refractivity contribution >= 4 is 62.7 Å². The summed E-state index contributed by atoms with van der Waals surface area (Å²) in [5.41, 5.74) is 0. The van der Waals surface area contributed by atoms with Crippen LogP contribution in [0.15, 0.2) is 0 Å². The molecule has 0 amide bonds. The van der Waals surface area contributed by atoms with Crippen molar-refractivity contribution in [3.8, 4) is 0 Å². The molecule has 6 saturated heterocycles. The molecule has 6 heterocycles. The second-order valence-electron chi connectivity index (χ2n) is 1.38. The minimum absolute atomic E-state index is 1.31. The van der Waals surface area contributed by atoms with Crippen molar-refractivity contribution in [1.82, 2.24) is 0 Å². The van der Waals surface area contributed by atoms with Crippen LogP contribution in [0, 0.1) is 0 Å². The van der Waals surface area contributed by atoms with E-state index >= 15 is 0 Å². The summed E-state index contributed by atoms with van der Waals surface area (Å²) in [4.78, 5) is 0. The van der Waals surface area contributed by atoms with E-state index < -0.39 is 62.7 Å². The van der Waals surface area contributed by atoms with E-state index in [9.17, 15) is 0 Å². The van der Waals surface area contributed by atoms with Gasteiger partial charge < -0.3 is 0 Å². The molecule has 6 nitrogen and oxygen atoms in total. The van der Waals surface area contributed by atoms with Gasteiger partial charge in [0.1, 0.15) is 0 Å². The molecule has 56 valence electrons. The van der Waals surface area contributed by atoms with Crippen LogP contribution in [0.4, 0.5) is 0 Å². The summed E-state index contributed by atoms with van der Waals surface area (Å²) in [5.74, 6) is 0. The summed E-state index contributed by atoms with van der Waals surface area (Å²) >= 11 is -5.25. The molecule has 0 atom stereocenters. The van der Waals surface area contributed by atoms with Crippen molar-refractivity contribution in [3.05, 3.63) is 0 Å². The Morgan fingerprint density at radius 3 is 0.500 bits per heavy atom. The van der Waals surface area contributed by atoms with E-state index in [1.165, 1.54) is 0 Å². The molecular formula is As4O6. The van der Waals surface area contributed by atoms with Gasteiger partial charge in [0.25, 0.3) is 0 Å². The van der Waals surface area contributed by atoms with E-state index in [0.717, 1.165) is 0 Å². The summed E-state index contributed by atoms with van der Waals surface area (Å²) in [6.45, 7) is 0. The fourth-order valence-corrected chi connectivity index (χ4v) is 9.81. The van der Waals surface area contributed by atoms with Crippen LogP contribution < -0.4 is 0 Å². The maximum absolute atomic E-state index is 4.88. The summed E-state index contributed by atoms with van der Waals surface area (Å²) in [6, 6.07) is 0. The Hall–Kier alpha value is 1.99. The van der Waals surface area contributed by atoms with Crippen LogP contribution in [0.1, 0.15) is 0 Å². The SMILES string of the molecule is O1[As]2O[As]1O2.O1[As]2O[As]1O2. The van der Waals surface area contributed by atoms with Crippen LogP contribution in [0.25, 0.3) is 0 Å². The van der Waals surface area contributed by atoms with E-state index in [4.69, 9.17) is 16.3 Å². The average molecular weight is 396 g/mol. The van der Waals surface area contributed by atoms with Crippen molar-refractivity contribution in [2.75, 3.05) is 0 Å². The second kappa shape index (κ2) is 2.75. The summed E-state index contributed by atoms with van der Waals surface area (Å²) in [7, 11) is 0. The van der Waals surface area contributed by atoms with Gasteiger partial charge in [-0.3, -0.25) is 0 Å². The standard InChI is InChI=1S/2As2O3/c2*3-1-4-2(3)5-1. The average Bonchev–Trinajstić information content (AvgIpc) is 0.938. The van der Waals surface area contributed by atoms with Crippen LogP contribution in [0.5, 0.6) is 0 Å². The van der Waals surface area contributed by atoms with Gasteiger partial charge in [-0.15, -0.1) is 0 Å². The second-order valence-corrected chi connectivity index (χ2v) is 17.9. The van der Waals surface area contributed by atoms with Crippen LogP contribution in [0.3, 0.4) is 0 Å². The van der Waals surface area contributed by atoms with Gasteiger partial charge >= 0.3 is 79.0 Å². The molecule has 0 radical (unpaired) electrons. The first-order valence-electron chi connectivity index (χ1n) is 2.19. The van der Waals surface area contributed by atoms with Gasteiger partial charge in [0.2, 0.25) is 0 Å². The van der Waals surface area contributed by atoms with E-state index in [1.54, 1.807) is 0 Å². The summed E-state index contributed by atoms with van der Waals surface area (Å²) < 4.78 is 29.2. The molecule has 0 N–H and O–H groups in total. The Morgan fingerprint density at radius 2 is 0.500 bits per heavy atom. The van der Waals surface area contributed by atoms with Crippen LogP contribution >= 0.6 is 0 Å². The quantitative estimate of drug-likeness (QED) is 0.445. The molecule has 6 fully saturated rings. The normalized spacial score (nSPS) is 57.6. The topological polar surface area (TPSA) is 55.4 Å². The van der Waals surface area contributed by atoms with Crippen molar-refractivity contribution < 1.29 is 16.3 Å². The first-order chi connectivity index (χ1) is 4.90. The van der Waals surface area contributed by atoms with Crippen LogP contribution in [-0.2, 0) is 16.3 Å². The molecule has 0 spiro atoms. The zero-order chi connectivity index (χ0) is 6.55. The molecule has 6 rings (SSSR count). The molecular weight excluding hydrogens is 396 g/mol. The Bertz CT molecular complexity index is 101. The fourth-order valence-electron chi connectivity index (χ4n) is 0.363. The molecule has 10 heavy (non-hydrogen) atoms. The molecule has 0 saturated carbocycles. The molecule has 10 heteroatoms. The third-order valence-electron chi connectivity index (χ3n) is 0.800. The van der Waals surface area contributed by atoms with Gasteiger partial charge in [-0.25, -0.2) is 0 Å². The van der Waals surface area contributed by atoms with Gasteiger partial charge in [-0.05, 0) is 0 Å². The Kier molecular flexibility index (Phi) is 2.03. The molecule has 0 aromatic rings. The van der Waals surface area contributed by atoms with Crippen LogP contribution in [-0.4, -0.2) is 62.7 Å². The molecule has 0 aliphatic carbocycles. The van der Waals surface area contributed by atoms with E-state index in [2.05, 4.69) is 0 Å². The summed E-state index contributed by atoms with van der Waals surface area (Å²) in [5, 5.41) is 0. The molecule has 0 aromatic heterocycles. The molecule has 0 aromatic carbocycles. The molecule has 6 aliphatic heterocycles. The monoisotopic (exact) mass is 396 g/mol. The first kappa shape index (κ1) is 7.40. The number of rotatable bonds is 0. The zero-order valence-electron chi connectivity index (χ0n) is 4.24. The summed E-state index contributed by atoms with van der Waals surface area (Å²) in [6.07, 6.45) is 0. The number of hydrogen-bond acceptors (Lipinski definition) is 6. The predicted octanol–water partition coefficient (Wildman–Crippen LogP) is -1.93. The van der Waals surface area contributed by atoms with Gasteiger partial charge in [0.15, 0.2) is 0 Å². The Morgan fingerprint density at radius 1 is 0.400 bits per heavy atom. The Labute approximate surface area is 78.3 Å². The van der Waals surface area contributed by atoms with E-state index in [-0.39, 0.29) is 0 Å². The first-order valence-corrected chi connectivity index (χ1v) is 11.4. The van der Waals surface area contributed by atoms with Crippen molar-refractivity contribution in [1.29, 1.82) is 0 Å². The van der Waals surface area contributed by atoms with Crippen LogP contribution in [0.2, 0.25) is 0 Å². The van der Waals surface area contributed by atoms with Crippen molar-refractivity contribution in [2.24, 2.45) is 0 Å². The van der Waals surface area contributed by atoms with Crippen molar-refractivity contribution in [3.63, 3.8) is 0 Å². The van der Waals surface area contributed by atoms with Gasteiger partial charge in [0, 0.05) is 0 Å². The molecule has 4 bridgehead atoms. The maximum atomic E-state index is 4.88. The predicted molar refractivity (Wildman–Crippen MR) is 29.5 cm³/mol. The molecule has 6 aliphatic rings. The molecule has 0 unspecified atom stereocenters. The van der Waals surface area contributed by atoms with E-state index in [0.29, 0.717) is 0 Å². The van der Waals surface area contributed by atoms with E-state index in [1.807, 2.05) is 0 Å². The zero-order valence-corrected chi connectivity index (χ0v) is 11.7. The van der Waals surface area contributed by atoms with Gasteiger partial charge in [-0.1, -0.05) is 0 Å². The number of hydrogen-bond donors (Lipinski definition) is 0. The fraction of sp³-hybridized carbons (Fsp3) is 0. The van der Waals surface area contributed by atoms with Gasteiger partial charge in [-0.2, -0.15) is 0 Å². The van der Waals surface area contributed by atoms with Gasteiger partial charge in [0.05, 0.1) is 0 Å². The minimum atomic E-state index is -1.31. The third-order valence-corrected chi connectivity index (χ3v) is 21.6.